The third kappa shape index (κ3) is 9.18. The lowest BCUT2D eigenvalue weighted by atomic mass is 9.93. The Kier molecular flexibility index (Phi) is 8.16. The molecule has 0 aromatic carbocycles. The molecule has 20 heavy (non-hydrogen) atoms. The van der Waals surface area contributed by atoms with E-state index in [0.717, 1.165) is 11.3 Å². The van der Waals surface area contributed by atoms with E-state index in [1.807, 2.05) is 13.8 Å². The predicted octanol–water partition coefficient (Wildman–Crippen LogP) is 3.04. The van der Waals surface area contributed by atoms with Crippen LogP contribution in [0, 0.1) is 17.8 Å². The molecule has 1 atom stereocenters. The molecule has 0 bridgehead atoms. The molecular formula is C14H27F3N2O. The van der Waals surface area contributed by atoms with Crippen LogP contribution < -0.4 is 5.73 Å². The largest absolute Gasteiger partial charge is 0.406 e. The normalized spacial score (nSPS) is 13.9. The maximum atomic E-state index is 12.5. The molecule has 0 aliphatic rings. The minimum absolute atomic E-state index is 0.00252. The molecule has 0 aliphatic carbocycles. The first-order valence-corrected chi connectivity index (χ1v) is 7.09. The highest BCUT2D eigenvalue weighted by Gasteiger charge is 2.33. The number of amides is 1. The van der Waals surface area contributed by atoms with Gasteiger partial charge in [0.25, 0.3) is 0 Å². The van der Waals surface area contributed by atoms with Crippen LogP contribution >= 0.6 is 0 Å². The van der Waals surface area contributed by atoms with Crippen molar-refractivity contribution in [3.05, 3.63) is 0 Å². The Balaban J connectivity index is 4.67. The van der Waals surface area contributed by atoms with Crippen LogP contribution in [0.5, 0.6) is 0 Å². The fourth-order valence-electron chi connectivity index (χ4n) is 2.22. The Morgan fingerprint density at radius 3 is 2.05 bits per heavy atom. The number of nitrogens with two attached hydrogens (primary N) is 1. The SMILES string of the molecule is CC(C)CC(CN)CC(=O)N(CC(C)C)CC(F)(F)F. The van der Waals surface area contributed by atoms with E-state index in [1.165, 1.54) is 0 Å². The molecule has 120 valence electrons. The van der Waals surface area contributed by atoms with E-state index in [0.29, 0.717) is 12.5 Å². The number of hydrogen-bond donors (Lipinski definition) is 1. The Morgan fingerprint density at radius 1 is 1.15 bits per heavy atom. The number of carbonyl (C=O) groups excluding carboxylic acids is 1. The van der Waals surface area contributed by atoms with Gasteiger partial charge in [-0.05, 0) is 30.7 Å². The zero-order valence-electron chi connectivity index (χ0n) is 12.8. The van der Waals surface area contributed by atoms with Crippen molar-refractivity contribution in [2.75, 3.05) is 19.6 Å². The van der Waals surface area contributed by atoms with Crippen molar-refractivity contribution < 1.29 is 18.0 Å². The van der Waals surface area contributed by atoms with E-state index in [2.05, 4.69) is 0 Å². The fourth-order valence-corrected chi connectivity index (χ4v) is 2.22. The molecule has 0 aromatic rings. The Labute approximate surface area is 119 Å². The van der Waals surface area contributed by atoms with Crippen LogP contribution in [0.1, 0.15) is 40.5 Å². The molecule has 0 spiro atoms. The van der Waals surface area contributed by atoms with E-state index in [-0.39, 0.29) is 24.8 Å². The van der Waals surface area contributed by atoms with Gasteiger partial charge < -0.3 is 10.6 Å². The van der Waals surface area contributed by atoms with Gasteiger partial charge >= 0.3 is 6.18 Å². The van der Waals surface area contributed by atoms with E-state index in [1.54, 1.807) is 13.8 Å². The zero-order chi connectivity index (χ0) is 15.9. The molecule has 0 fully saturated rings. The average molecular weight is 296 g/mol. The van der Waals surface area contributed by atoms with Crippen LogP contribution in [0.4, 0.5) is 13.2 Å². The zero-order valence-corrected chi connectivity index (χ0v) is 12.8. The third-order valence-electron chi connectivity index (χ3n) is 2.91. The number of alkyl halides is 3. The second kappa shape index (κ2) is 8.49. The topological polar surface area (TPSA) is 46.3 Å². The van der Waals surface area contributed by atoms with Crippen LogP contribution in [0.15, 0.2) is 0 Å². The van der Waals surface area contributed by atoms with E-state index in [9.17, 15) is 18.0 Å². The van der Waals surface area contributed by atoms with Crippen molar-refractivity contribution in [1.82, 2.24) is 4.90 Å². The second-order valence-corrected chi connectivity index (χ2v) is 6.22. The minimum Gasteiger partial charge on any atom is -0.333 e. The predicted molar refractivity (Wildman–Crippen MR) is 74.1 cm³/mol. The van der Waals surface area contributed by atoms with Crippen LogP contribution in [0.25, 0.3) is 0 Å². The van der Waals surface area contributed by atoms with Crippen molar-refractivity contribution in [1.29, 1.82) is 0 Å². The fraction of sp³-hybridized carbons (Fsp3) is 0.929. The van der Waals surface area contributed by atoms with E-state index >= 15 is 0 Å². The monoisotopic (exact) mass is 296 g/mol. The number of carbonyl (C=O) groups is 1. The van der Waals surface area contributed by atoms with Gasteiger partial charge in [0.2, 0.25) is 5.91 Å². The van der Waals surface area contributed by atoms with Crippen LogP contribution in [0.2, 0.25) is 0 Å². The first kappa shape index (κ1) is 19.2. The van der Waals surface area contributed by atoms with Crippen LogP contribution in [0.3, 0.4) is 0 Å². The van der Waals surface area contributed by atoms with Gasteiger partial charge in [-0.1, -0.05) is 27.7 Å². The van der Waals surface area contributed by atoms with Gasteiger partial charge in [-0.3, -0.25) is 4.79 Å². The summed E-state index contributed by atoms with van der Waals surface area (Å²) < 4.78 is 37.6. The first-order chi connectivity index (χ1) is 9.05. The van der Waals surface area contributed by atoms with Crippen molar-refractivity contribution in [2.24, 2.45) is 23.5 Å². The molecule has 0 radical (unpaired) electrons. The molecule has 0 saturated heterocycles. The molecular weight excluding hydrogens is 269 g/mol. The summed E-state index contributed by atoms with van der Waals surface area (Å²) in [6, 6.07) is 0. The molecule has 1 amide bonds. The maximum Gasteiger partial charge on any atom is 0.406 e. The lowest BCUT2D eigenvalue weighted by Gasteiger charge is -2.27. The lowest BCUT2D eigenvalue weighted by molar-refractivity contribution is -0.162. The van der Waals surface area contributed by atoms with Crippen molar-refractivity contribution in [2.45, 2.75) is 46.7 Å². The summed E-state index contributed by atoms with van der Waals surface area (Å²) in [6.45, 7) is 6.88. The molecule has 0 aliphatic heterocycles. The van der Waals surface area contributed by atoms with Crippen molar-refractivity contribution in [3.63, 3.8) is 0 Å². The number of rotatable bonds is 8. The standard InChI is InChI=1S/C14H27F3N2O/c1-10(2)5-12(7-18)6-13(20)19(8-11(3)4)9-14(15,16)17/h10-12H,5-9,18H2,1-4H3. The number of hydrogen-bond acceptors (Lipinski definition) is 2. The van der Waals surface area contributed by atoms with Gasteiger partial charge in [-0.15, -0.1) is 0 Å². The second-order valence-electron chi connectivity index (χ2n) is 6.22. The smallest absolute Gasteiger partial charge is 0.333 e. The Bertz CT molecular complexity index is 291. The number of halogens is 3. The highest BCUT2D eigenvalue weighted by Crippen LogP contribution is 2.20. The van der Waals surface area contributed by atoms with Crippen molar-refractivity contribution >= 4 is 5.91 Å². The molecule has 1 unspecified atom stereocenters. The molecule has 6 heteroatoms. The molecule has 0 saturated carbocycles. The molecule has 0 aromatic heterocycles. The Hall–Kier alpha value is -0.780. The molecule has 0 heterocycles. The summed E-state index contributed by atoms with van der Waals surface area (Å²) in [6.07, 6.45) is -3.51. The summed E-state index contributed by atoms with van der Waals surface area (Å²) in [5, 5.41) is 0. The van der Waals surface area contributed by atoms with Gasteiger partial charge in [-0.25, -0.2) is 0 Å². The van der Waals surface area contributed by atoms with Gasteiger partial charge in [0.15, 0.2) is 0 Å². The van der Waals surface area contributed by atoms with Crippen molar-refractivity contribution in [3.8, 4) is 0 Å². The highest BCUT2D eigenvalue weighted by atomic mass is 19.4. The lowest BCUT2D eigenvalue weighted by Crippen LogP contribution is -2.42. The summed E-state index contributed by atoms with van der Waals surface area (Å²) in [5.74, 6) is -0.127. The number of nitrogens with zero attached hydrogens (tertiary/aromatic N) is 1. The van der Waals surface area contributed by atoms with Crippen LogP contribution in [-0.4, -0.2) is 36.6 Å². The first-order valence-electron chi connectivity index (χ1n) is 7.09. The highest BCUT2D eigenvalue weighted by molar-refractivity contribution is 5.76. The van der Waals surface area contributed by atoms with Crippen LogP contribution in [-0.2, 0) is 4.79 Å². The van der Waals surface area contributed by atoms with Gasteiger partial charge in [0, 0.05) is 13.0 Å². The summed E-state index contributed by atoms with van der Waals surface area (Å²) in [4.78, 5) is 13.0. The molecule has 3 nitrogen and oxygen atoms in total. The Morgan fingerprint density at radius 2 is 1.70 bits per heavy atom. The third-order valence-corrected chi connectivity index (χ3v) is 2.91. The average Bonchev–Trinajstić information content (AvgIpc) is 2.23. The van der Waals surface area contributed by atoms with Gasteiger partial charge in [0.05, 0.1) is 0 Å². The maximum absolute atomic E-state index is 12.5. The molecule has 2 N–H and O–H groups in total. The minimum atomic E-state index is -4.36. The van der Waals surface area contributed by atoms with Gasteiger partial charge in [0.1, 0.15) is 6.54 Å². The van der Waals surface area contributed by atoms with E-state index in [4.69, 9.17) is 5.73 Å². The van der Waals surface area contributed by atoms with Gasteiger partial charge in [-0.2, -0.15) is 13.2 Å². The molecule has 0 rings (SSSR count). The summed E-state index contributed by atoms with van der Waals surface area (Å²) in [7, 11) is 0. The summed E-state index contributed by atoms with van der Waals surface area (Å²) in [5.41, 5.74) is 5.61. The quantitative estimate of drug-likeness (QED) is 0.748. The summed E-state index contributed by atoms with van der Waals surface area (Å²) >= 11 is 0. The van der Waals surface area contributed by atoms with E-state index < -0.39 is 18.6 Å².